The van der Waals surface area contributed by atoms with Crippen LogP contribution >= 0.6 is 0 Å². The molecule has 0 bridgehead atoms. The molecule has 0 aromatic carbocycles. The maximum absolute atomic E-state index is 3.46. The molecule has 0 amide bonds. The minimum atomic E-state index is -1.14. The van der Waals surface area contributed by atoms with E-state index >= 15 is 0 Å². The summed E-state index contributed by atoms with van der Waals surface area (Å²) in [7, 11) is -2.28. The summed E-state index contributed by atoms with van der Waals surface area (Å²) >= 11 is 0. The van der Waals surface area contributed by atoms with Gasteiger partial charge in [-0.1, -0.05) is 103 Å². The monoisotopic (exact) mass is 390 g/mol. The van der Waals surface area contributed by atoms with Crippen LogP contribution in [-0.2, 0) is 0 Å². The molecule has 0 heterocycles. The van der Waals surface area contributed by atoms with Gasteiger partial charge in [-0.25, -0.2) is 0 Å². The van der Waals surface area contributed by atoms with Crippen molar-refractivity contribution < 1.29 is 0 Å². The van der Waals surface area contributed by atoms with Gasteiger partial charge in [0.2, 0.25) is 0 Å². The number of hydrogen-bond donors (Lipinski definition) is 0. The minimum absolute atomic E-state index is 1.12. The molecule has 0 nitrogen and oxygen atoms in total. The third kappa shape index (κ3) is 23.6. The molecular weight excluding hydrogens is 344 g/mol. The van der Waals surface area contributed by atoms with Crippen LogP contribution in [0.3, 0.4) is 0 Å². The fraction of sp³-hybridized carbons (Fsp3) is 0.833. The molecule has 0 rings (SSSR count). The van der Waals surface area contributed by atoms with E-state index in [9.17, 15) is 0 Å². The molecule has 0 aliphatic rings. The van der Waals surface area contributed by atoms with Gasteiger partial charge in [-0.2, -0.15) is 0 Å². The van der Waals surface area contributed by atoms with Crippen molar-refractivity contribution >= 4 is 16.1 Å². The topological polar surface area (TPSA) is 0 Å². The van der Waals surface area contributed by atoms with Crippen molar-refractivity contribution in [3.63, 3.8) is 0 Å². The van der Waals surface area contributed by atoms with Crippen molar-refractivity contribution in [3.05, 3.63) is 0 Å². The number of unbranched alkanes of at least 4 members (excludes halogenated alkanes) is 13. The van der Waals surface area contributed by atoms with Gasteiger partial charge in [-0.3, -0.25) is 0 Å². The Bertz CT molecular complexity index is 399. The number of rotatable bonds is 13. The van der Waals surface area contributed by atoms with Crippen LogP contribution in [0.1, 0.15) is 89.9 Å². The lowest BCUT2D eigenvalue weighted by atomic mass is 10.0. The second-order valence-corrected chi connectivity index (χ2v) is 19.3. The lowest BCUT2D eigenvalue weighted by Crippen LogP contribution is -2.16. The smallest absolute Gasteiger partial charge is 0.129 e. The lowest BCUT2D eigenvalue weighted by molar-refractivity contribution is 0.543. The third-order valence-corrected chi connectivity index (χ3v) is 6.13. The van der Waals surface area contributed by atoms with Crippen molar-refractivity contribution in [3.8, 4) is 22.9 Å². The Morgan fingerprint density at radius 3 is 0.846 bits per heavy atom. The maximum Gasteiger partial charge on any atom is 0.129 e. The highest BCUT2D eigenvalue weighted by atomic mass is 28.3. The predicted octanol–water partition coefficient (Wildman–Crippen LogP) is 8.21. The predicted molar refractivity (Wildman–Crippen MR) is 127 cm³/mol. The van der Waals surface area contributed by atoms with Gasteiger partial charge in [0, 0.05) is 12.8 Å². The standard InChI is InChI=1S/C24H46Si2/c1-25(2,3)23-21-19-17-15-13-11-9-7-8-10-12-14-16-18-20-22-24-26(4,5)6/h7-20H2,1-6H3. The molecule has 0 saturated heterocycles. The average Bonchev–Trinajstić information content (AvgIpc) is 2.51. The van der Waals surface area contributed by atoms with E-state index in [1.54, 1.807) is 0 Å². The first-order chi connectivity index (χ1) is 12.2. The van der Waals surface area contributed by atoms with Crippen molar-refractivity contribution in [2.24, 2.45) is 0 Å². The van der Waals surface area contributed by atoms with E-state index in [1.807, 2.05) is 0 Å². The molecule has 0 atom stereocenters. The molecule has 0 aromatic rings. The van der Waals surface area contributed by atoms with Crippen LogP contribution in [-0.4, -0.2) is 16.1 Å². The second-order valence-electron chi connectivity index (χ2n) is 9.85. The Hall–Kier alpha value is -0.446. The van der Waals surface area contributed by atoms with Gasteiger partial charge in [-0.05, 0) is 12.8 Å². The van der Waals surface area contributed by atoms with Crippen LogP contribution in [0, 0.1) is 22.9 Å². The fourth-order valence-electron chi connectivity index (χ4n) is 2.85. The van der Waals surface area contributed by atoms with Crippen LogP contribution < -0.4 is 0 Å². The molecule has 0 aliphatic carbocycles. The lowest BCUT2D eigenvalue weighted by Gasteiger charge is -2.04. The van der Waals surface area contributed by atoms with Gasteiger partial charge >= 0.3 is 0 Å². The molecule has 0 spiro atoms. The summed E-state index contributed by atoms with van der Waals surface area (Å²) in [4.78, 5) is 0. The maximum atomic E-state index is 3.46. The summed E-state index contributed by atoms with van der Waals surface area (Å²) in [6.45, 7) is 13.9. The fourth-order valence-corrected chi connectivity index (χ4v) is 4.16. The van der Waals surface area contributed by atoms with E-state index in [0.29, 0.717) is 0 Å². The van der Waals surface area contributed by atoms with E-state index in [0.717, 1.165) is 12.8 Å². The second kappa shape index (κ2) is 15.6. The molecular formula is C24H46Si2. The van der Waals surface area contributed by atoms with E-state index in [4.69, 9.17) is 0 Å². The van der Waals surface area contributed by atoms with Crippen molar-refractivity contribution in [1.82, 2.24) is 0 Å². The van der Waals surface area contributed by atoms with Crippen LogP contribution in [0.4, 0.5) is 0 Å². The first kappa shape index (κ1) is 25.6. The van der Waals surface area contributed by atoms with Gasteiger partial charge in [0.25, 0.3) is 0 Å². The van der Waals surface area contributed by atoms with Crippen molar-refractivity contribution in [1.29, 1.82) is 0 Å². The SMILES string of the molecule is C[Si](C)(C)C#CCCCCCCCCCCCCCCC#C[Si](C)(C)C. The summed E-state index contributed by atoms with van der Waals surface area (Å²) < 4.78 is 0. The zero-order valence-corrected chi connectivity index (χ0v) is 20.9. The molecule has 0 fully saturated rings. The van der Waals surface area contributed by atoms with E-state index in [1.165, 1.54) is 77.0 Å². The molecule has 150 valence electrons. The van der Waals surface area contributed by atoms with Gasteiger partial charge in [0.15, 0.2) is 0 Å². The first-order valence-corrected chi connectivity index (χ1v) is 18.2. The third-order valence-electron chi connectivity index (χ3n) is 4.28. The molecule has 0 aliphatic heterocycles. The number of hydrogen-bond acceptors (Lipinski definition) is 0. The Morgan fingerprint density at radius 2 is 0.615 bits per heavy atom. The molecule has 0 saturated carbocycles. The molecule has 0 aromatic heterocycles. The molecule has 0 unspecified atom stereocenters. The van der Waals surface area contributed by atoms with Gasteiger partial charge in [0.1, 0.15) is 16.1 Å². The van der Waals surface area contributed by atoms with E-state index in [2.05, 4.69) is 62.2 Å². The van der Waals surface area contributed by atoms with Gasteiger partial charge in [0.05, 0.1) is 0 Å². The van der Waals surface area contributed by atoms with Crippen molar-refractivity contribution in [2.45, 2.75) is 129 Å². The zero-order chi connectivity index (χ0) is 19.7. The van der Waals surface area contributed by atoms with Crippen LogP contribution in [0.25, 0.3) is 0 Å². The van der Waals surface area contributed by atoms with Crippen LogP contribution in [0.5, 0.6) is 0 Å². The summed E-state index contributed by atoms with van der Waals surface area (Å²) in [6, 6.07) is 0. The summed E-state index contributed by atoms with van der Waals surface area (Å²) in [5, 5.41) is 0. The highest BCUT2D eigenvalue weighted by molar-refractivity contribution is 6.84. The zero-order valence-electron chi connectivity index (χ0n) is 18.9. The normalized spacial score (nSPS) is 11.5. The molecule has 0 radical (unpaired) electrons. The highest BCUT2D eigenvalue weighted by Gasteiger charge is 2.07. The van der Waals surface area contributed by atoms with Crippen LogP contribution in [0.2, 0.25) is 39.3 Å². The molecule has 0 N–H and O–H groups in total. The van der Waals surface area contributed by atoms with E-state index in [-0.39, 0.29) is 0 Å². The van der Waals surface area contributed by atoms with Crippen molar-refractivity contribution in [2.75, 3.05) is 0 Å². The quantitative estimate of drug-likeness (QED) is 0.169. The summed E-state index contributed by atoms with van der Waals surface area (Å²) in [5.74, 6) is 6.77. The largest absolute Gasteiger partial charge is 0.132 e. The minimum Gasteiger partial charge on any atom is -0.132 e. The Morgan fingerprint density at radius 1 is 0.385 bits per heavy atom. The molecule has 26 heavy (non-hydrogen) atoms. The summed E-state index contributed by atoms with van der Waals surface area (Å²) in [5.41, 5.74) is 6.92. The average molecular weight is 391 g/mol. The van der Waals surface area contributed by atoms with Crippen LogP contribution in [0.15, 0.2) is 0 Å². The Kier molecular flexibility index (Phi) is 15.3. The van der Waals surface area contributed by atoms with E-state index < -0.39 is 16.1 Å². The Balaban J connectivity index is 3.22. The first-order valence-electron chi connectivity index (χ1n) is 11.2. The Labute approximate surface area is 168 Å². The highest BCUT2D eigenvalue weighted by Crippen LogP contribution is 2.13. The summed E-state index contributed by atoms with van der Waals surface area (Å²) in [6.07, 6.45) is 19.0. The van der Waals surface area contributed by atoms with Gasteiger partial charge < -0.3 is 0 Å². The molecule has 2 heteroatoms. The van der Waals surface area contributed by atoms with Gasteiger partial charge in [-0.15, -0.1) is 22.9 Å².